The molecule has 0 radical (unpaired) electrons. The average Bonchev–Trinajstić information content (AvgIpc) is 2.22. The van der Waals surface area contributed by atoms with E-state index in [4.69, 9.17) is 0 Å². The minimum absolute atomic E-state index is 0.860. The Bertz CT molecular complexity index is 137. The number of hydrogen-bond donors (Lipinski definition) is 0. The predicted octanol–water partition coefficient (Wildman–Crippen LogP) is 5.52. The van der Waals surface area contributed by atoms with Gasteiger partial charge in [0.15, 0.2) is 0 Å². The van der Waals surface area contributed by atoms with E-state index in [2.05, 4.69) is 41.5 Å². The molecular formula is C15H32. The molecule has 0 spiro atoms. The maximum Gasteiger partial charge on any atom is -0.0386 e. The van der Waals surface area contributed by atoms with Crippen LogP contribution in [0.2, 0.25) is 0 Å². The molecule has 0 aromatic rings. The maximum atomic E-state index is 2.44. The van der Waals surface area contributed by atoms with Crippen LogP contribution in [-0.4, -0.2) is 0 Å². The van der Waals surface area contributed by atoms with Crippen molar-refractivity contribution in [2.24, 2.45) is 23.7 Å². The lowest BCUT2D eigenvalue weighted by Gasteiger charge is -2.29. The van der Waals surface area contributed by atoms with Crippen molar-refractivity contribution in [1.29, 1.82) is 0 Å². The van der Waals surface area contributed by atoms with Gasteiger partial charge in [-0.2, -0.15) is 0 Å². The van der Waals surface area contributed by atoms with Gasteiger partial charge >= 0.3 is 0 Å². The van der Waals surface area contributed by atoms with Crippen LogP contribution < -0.4 is 0 Å². The Hall–Kier alpha value is 0. The zero-order valence-corrected chi connectivity index (χ0v) is 11.8. The molecule has 0 N–H and O–H groups in total. The van der Waals surface area contributed by atoms with Crippen molar-refractivity contribution in [3.8, 4) is 0 Å². The van der Waals surface area contributed by atoms with Gasteiger partial charge in [0, 0.05) is 0 Å². The lowest BCUT2D eigenvalue weighted by molar-refractivity contribution is 0.220. The second-order valence-electron chi connectivity index (χ2n) is 5.58. The molecule has 0 fully saturated rings. The van der Waals surface area contributed by atoms with E-state index in [1.165, 1.54) is 32.1 Å². The fraction of sp³-hybridized carbons (Fsp3) is 1.00. The van der Waals surface area contributed by atoms with Gasteiger partial charge in [0.05, 0.1) is 0 Å². The van der Waals surface area contributed by atoms with E-state index >= 15 is 0 Å². The van der Waals surface area contributed by atoms with Crippen LogP contribution in [0.15, 0.2) is 0 Å². The largest absolute Gasteiger partial charge is 0.0654 e. The highest BCUT2D eigenvalue weighted by Crippen LogP contribution is 2.31. The SMILES string of the molecule is CCCC(CC(CC)C(C)C)C(C)CC. The van der Waals surface area contributed by atoms with Crippen LogP contribution in [0.25, 0.3) is 0 Å². The molecule has 0 aliphatic heterocycles. The molecule has 0 aromatic carbocycles. The average molecular weight is 212 g/mol. The Morgan fingerprint density at radius 3 is 1.73 bits per heavy atom. The predicted molar refractivity (Wildman–Crippen MR) is 71.1 cm³/mol. The van der Waals surface area contributed by atoms with Gasteiger partial charge in [0.2, 0.25) is 0 Å². The highest BCUT2D eigenvalue weighted by molar-refractivity contribution is 4.71. The van der Waals surface area contributed by atoms with E-state index in [9.17, 15) is 0 Å². The standard InChI is InChI=1S/C15H32/c1-7-10-15(13(6)8-2)11-14(9-3)12(4)5/h12-15H,7-11H2,1-6H3. The van der Waals surface area contributed by atoms with Gasteiger partial charge < -0.3 is 0 Å². The maximum absolute atomic E-state index is 2.44. The van der Waals surface area contributed by atoms with Gasteiger partial charge in [-0.05, 0) is 30.1 Å². The Balaban J connectivity index is 4.24. The monoisotopic (exact) mass is 212 g/mol. The first-order valence-corrected chi connectivity index (χ1v) is 7.06. The molecule has 0 aromatic heterocycles. The highest BCUT2D eigenvalue weighted by Gasteiger charge is 2.21. The van der Waals surface area contributed by atoms with Crippen molar-refractivity contribution >= 4 is 0 Å². The van der Waals surface area contributed by atoms with Crippen LogP contribution in [0.5, 0.6) is 0 Å². The molecule has 0 aliphatic carbocycles. The van der Waals surface area contributed by atoms with E-state index in [-0.39, 0.29) is 0 Å². The summed E-state index contributed by atoms with van der Waals surface area (Å²) in [6, 6.07) is 0. The Kier molecular flexibility index (Phi) is 8.19. The topological polar surface area (TPSA) is 0 Å². The van der Waals surface area contributed by atoms with Crippen molar-refractivity contribution in [2.75, 3.05) is 0 Å². The van der Waals surface area contributed by atoms with Gasteiger partial charge in [-0.15, -0.1) is 0 Å². The van der Waals surface area contributed by atoms with Crippen molar-refractivity contribution in [3.63, 3.8) is 0 Å². The Labute approximate surface area is 97.8 Å². The van der Waals surface area contributed by atoms with Crippen molar-refractivity contribution in [2.45, 2.75) is 73.6 Å². The third kappa shape index (κ3) is 5.58. The summed E-state index contributed by atoms with van der Waals surface area (Å²) in [5.74, 6) is 3.68. The van der Waals surface area contributed by atoms with E-state index in [1.807, 2.05) is 0 Å². The second-order valence-corrected chi connectivity index (χ2v) is 5.58. The molecule has 0 saturated heterocycles. The summed E-state index contributed by atoms with van der Waals surface area (Å²) in [7, 11) is 0. The molecule has 0 nitrogen and oxygen atoms in total. The molecule has 0 amide bonds. The molecule has 0 bridgehead atoms. The second kappa shape index (κ2) is 8.19. The summed E-state index contributed by atoms with van der Waals surface area (Å²) in [6.07, 6.45) is 6.94. The molecule has 3 unspecified atom stereocenters. The number of hydrogen-bond acceptors (Lipinski definition) is 0. The lowest BCUT2D eigenvalue weighted by atomic mass is 9.77. The molecule has 0 heterocycles. The third-order valence-electron chi connectivity index (χ3n) is 4.18. The first-order chi connectivity index (χ1) is 7.06. The van der Waals surface area contributed by atoms with Gasteiger partial charge in [0.1, 0.15) is 0 Å². The minimum Gasteiger partial charge on any atom is -0.0654 e. The summed E-state index contributed by atoms with van der Waals surface area (Å²) in [5, 5.41) is 0. The van der Waals surface area contributed by atoms with Gasteiger partial charge in [-0.1, -0.05) is 67.2 Å². The van der Waals surface area contributed by atoms with Crippen LogP contribution in [-0.2, 0) is 0 Å². The van der Waals surface area contributed by atoms with Crippen molar-refractivity contribution in [3.05, 3.63) is 0 Å². The van der Waals surface area contributed by atoms with Gasteiger partial charge in [0.25, 0.3) is 0 Å². The zero-order valence-electron chi connectivity index (χ0n) is 11.8. The summed E-state index contributed by atoms with van der Waals surface area (Å²) < 4.78 is 0. The summed E-state index contributed by atoms with van der Waals surface area (Å²) >= 11 is 0. The summed E-state index contributed by atoms with van der Waals surface area (Å²) in [5.41, 5.74) is 0. The molecule has 0 saturated carbocycles. The Morgan fingerprint density at radius 2 is 1.40 bits per heavy atom. The van der Waals surface area contributed by atoms with Gasteiger partial charge in [-0.3, -0.25) is 0 Å². The van der Waals surface area contributed by atoms with Crippen molar-refractivity contribution in [1.82, 2.24) is 0 Å². The smallest absolute Gasteiger partial charge is 0.0386 e. The van der Waals surface area contributed by atoms with Crippen LogP contribution in [0.4, 0.5) is 0 Å². The molecular weight excluding hydrogens is 180 g/mol. The fourth-order valence-corrected chi connectivity index (χ4v) is 2.64. The lowest BCUT2D eigenvalue weighted by Crippen LogP contribution is -2.18. The molecule has 0 aliphatic rings. The highest BCUT2D eigenvalue weighted by atomic mass is 14.3. The van der Waals surface area contributed by atoms with Crippen LogP contribution in [0.3, 0.4) is 0 Å². The van der Waals surface area contributed by atoms with Gasteiger partial charge in [-0.25, -0.2) is 0 Å². The van der Waals surface area contributed by atoms with E-state index in [0.29, 0.717) is 0 Å². The van der Waals surface area contributed by atoms with E-state index in [0.717, 1.165) is 23.7 Å². The van der Waals surface area contributed by atoms with E-state index < -0.39 is 0 Å². The van der Waals surface area contributed by atoms with Crippen LogP contribution in [0, 0.1) is 23.7 Å². The minimum atomic E-state index is 0.860. The quantitative estimate of drug-likeness (QED) is 0.497. The molecule has 15 heavy (non-hydrogen) atoms. The first kappa shape index (κ1) is 15.0. The fourth-order valence-electron chi connectivity index (χ4n) is 2.64. The molecule has 0 rings (SSSR count). The Morgan fingerprint density at radius 1 is 0.800 bits per heavy atom. The van der Waals surface area contributed by atoms with Crippen LogP contribution >= 0.6 is 0 Å². The third-order valence-corrected chi connectivity index (χ3v) is 4.18. The zero-order chi connectivity index (χ0) is 11.8. The summed E-state index contributed by atoms with van der Waals surface area (Å²) in [4.78, 5) is 0. The molecule has 3 atom stereocenters. The first-order valence-electron chi connectivity index (χ1n) is 7.06. The summed E-state index contributed by atoms with van der Waals surface area (Å²) in [6.45, 7) is 14.2. The normalized spacial score (nSPS) is 17.8. The van der Waals surface area contributed by atoms with Crippen LogP contribution in [0.1, 0.15) is 73.6 Å². The number of rotatable bonds is 8. The molecule has 0 heteroatoms. The van der Waals surface area contributed by atoms with Crippen molar-refractivity contribution < 1.29 is 0 Å². The van der Waals surface area contributed by atoms with E-state index in [1.54, 1.807) is 0 Å². The molecule has 92 valence electrons.